The Morgan fingerprint density at radius 3 is 2.44 bits per heavy atom. The summed E-state index contributed by atoms with van der Waals surface area (Å²) in [5.74, 6) is 0.588. The van der Waals surface area contributed by atoms with Crippen molar-refractivity contribution in [1.82, 2.24) is 24.1 Å². The smallest absolute Gasteiger partial charge is 0.259 e. The molecule has 2 aliphatic rings. The van der Waals surface area contributed by atoms with Gasteiger partial charge in [0.25, 0.3) is 5.91 Å². The van der Waals surface area contributed by atoms with Crippen molar-refractivity contribution in [3.63, 3.8) is 0 Å². The second kappa shape index (κ2) is 9.00. The average molecular weight is 434 g/mol. The number of carbonyl (C=O) groups excluding carboxylic acids is 2. The number of nitrogens with zero attached hydrogens (tertiary/aromatic N) is 5. The number of ether oxygens (including phenoxy) is 1. The average Bonchev–Trinajstić information content (AvgIpc) is 3.54. The van der Waals surface area contributed by atoms with Gasteiger partial charge in [-0.1, -0.05) is 18.2 Å². The van der Waals surface area contributed by atoms with Crippen LogP contribution in [0.25, 0.3) is 11.5 Å². The van der Waals surface area contributed by atoms with Crippen LogP contribution in [0.1, 0.15) is 23.2 Å². The van der Waals surface area contributed by atoms with E-state index in [0.29, 0.717) is 50.8 Å². The lowest BCUT2D eigenvalue weighted by atomic mass is 9.96. The third-order valence-corrected chi connectivity index (χ3v) is 6.20. The van der Waals surface area contributed by atoms with E-state index in [9.17, 15) is 9.59 Å². The molecule has 0 N–H and O–H groups in total. The van der Waals surface area contributed by atoms with Gasteiger partial charge < -0.3 is 19.1 Å². The summed E-state index contributed by atoms with van der Waals surface area (Å²) in [6.45, 7) is 3.51. The van der Waals surface area contributed by atoms with Gasteiger partial charge in [0.05, 0.1) is 31.0 Å². The minimum atomic E-state index is -0.162. The number of amides is 2. The predicted molar refractivity (Wildman–Crippen MR) is 119 cm³/mol. The van der Waals surface area contributed by atoms with E-state index in [1.54, 1.807) is 10.9 Å². The second-order valence-corrected chi connectivity index (χ2v) is 8.25. The number of likely N-dealkylation sites (tertiary alicyclic amines) is 1. The van der Waals surface area contributed by atoms with Crippen LogP contribution in [0, 0.1) is 5.92 Å². The zero-order valence-electron chi connectivity index (χ0n) is 18.0. The molecule has 2 fully saturated rings. The highest BCUT2D eigenvalue weighted by molar-refractivity contribution is 5.97. The van der Waals surface area contributed by atoms with Crippen molar-refractivity contribution in [3.05, 3.63) is 66.6 Å². The fraction of sp³-hybridized carbons (Fsp3) is 0.375. The van der Waals surface area contributed by atoms with Crippen LogP contribution in [0.5, 0.6) is 0 Å². The molecule has 2 amide bonds. The first-order valence-corrected chi connectivity index (χ1v) is 11.1. The number of morpholine rings is 1. The molecule has 3 aromatic rings. The number of carbonyl (C=O) groups is 2. The molecule has 8 heteroatoms. The molecular formula is C24H27N5O3. The molecule has 0 bridgehead atoms. The summed E-state index contributed by atoms with van der Waals surface area (Å²) in [6.07, 6.45) is 7.09. The highest BCUT2D eigenvalue weighted by atomic mass is 16.5. The summed E-state index contributed by atoms with van der Waals surface area (Å²) in [6, 6.07) is 13.6. The van der Waals surface area contributed by atoms with Crippen LogP contribution < -0.4 is 0 Å². The second-order valence-electron chi connectivity index (χ2n) is 8.25. The van der Waals surface area contributed by atoms with E-state index < -0.39 is 0 Å². The molecule has 166 valence electrons. The zero-order chi connectivity index (χ0) is 21.9. The van der Waals surface area contributed by atoms with Gasteiger partial charge in [0, 0.05) is 38.6 Å². The summed E-state index contributed by atoms with van der Waals surface area (Å²) >= 11 is 0. The molecule has 2 saturated heterocycles. The van der Waals surface area contributed by atoms with Gasteiger partial charge in [-0.2, -0.15) is 5.10 Å². The lowest BCUT2D eigenvalue weighted by Crippen LogP contribution is -2.49. The monoisotopic (exact) mass is 433 g/mol. The van der Waals surface area contributed by atoms with Crippen molar-refractivity contribution in [3.8, 4) is 11.5 Å². The Morgan fingerprint density at radius 1 is 0.938 bits per heavy atom. The van der Waals surface area contributed by atoms with E-state index in [4.69, 9.17) is 4.74 Å². The predicted octanol–water partition coefficient (Wildman–Crippen LogP) is 2.37. The molecule has 0 spiro atoms. The maximum Gasteiger partial charge on any atom is 0.259 e. The van der Waals surface area contributed by atoms with Gasteiger partial charge in [-0.3, -0.25) is 9.59 Å². The van der Waals surface area contributed by atoms with Crippen molar-refractivity contribution in [2.75, 3.05) is 39.4 Å². The van der Waals surface area contributed by atoms with Gasteiger partial charge in [0.2, 0.25) is 5.91 Å². The number of hydrogen-bond donors (Lipinski definition) is 0. The molecule has 2 aliphatic heterocycles. The molecule has 5 rings (SSSR count). The first-order valence-electron chi connectivity index (χ1n) is 11.1. The van der Waals surface area contributed by atoms with E-state index in [1.165, 1.54) is 0 Å². The minimum Gasteiger partial charge on any atom is -0.378 e. The van der Waals surface area contributed by atoms with E-state index >= 15 is 0 Å². The number of para-hydroxylation sites is 1. The third-order valence-electron chi connectivity index (χ3n) is 6.20. The van der Waals surface area contributed by atoms with Crippen molar-refractivity contribution < 1.29 is 14.3 Å². The summed E-state index contributed by atoms with van der Waals surface area (Å²) in [7, 11) is 0. The molecule has 0 aliphatic carbocycles. The molecule has 32 heavy (non-hydrogen) atoms. The molecule has 1 atom stereocenters. The zero-order valence-corrected chi connectivity index (χ0v) is 18.0. The highest BCUT2D eigenvalue weighted by Crippen LogP contribution is 2.25. The number of hydrogen-bond acceptors (Lipinski definition) is 4. The van der Waals surface area contributed by atoms with Crippen LogP contribution >= 0.6 is 0 Å². The molecule has 2 aromatic heterocycles. The van der Waals surface area contributed by atoms with Gasteiger partial charge >= 0.3 is 0 Å². The topological polar surface area (TPSA) is 72.6 Å². The molecule has 1 unspecified atom stereocenters. The summed E-state index contributed by atoms with van der Waals surface area (Å²) in [4.78, 5) is 30.3. The summed E-state index contributed by atoms with van der Waals surface area (Å²) in [5, 5.41) is 4.55. The van der Waals surface area contributed by atoms with Gasteiger partial charge in [-0.15, -0.1) is 0 Å². The molecule has 1 aromatic carbocycles. The molecule has 4 heterocycles. The Kier molecular flexibility index (Phi) is 5.77. The van der Waals surface area contributed by atoms with Crippen LogP contribution in [0.15, 0.2) is 61.1 Å². The number of rotatable bonds is 4. The Balaban J connectivity index is 1.41. The summed E-state index contributed by atoms with van der Waals surface area (Å²) in [5.41, 5.74) is 1.42. The maximum absolute atomic E-state index is 13.6. The van der Waals surface area contributed by atoms with E-state index in [-0.39, 0.29) is 17.7 Å². The van der Waals surface area contributed by atoms with Crippen LogP contribution in [0.2, 0.25) is 0 Å². The normalized spacial score (nSPS) is 19.2. The molecule has 8 nitrogen and oxygen atoms in total. The van der Waals surface area contributed by atoms with Crippen LogP contribution in [-0.4, -0.2) is 75.4 Å². The van der Waals surface area contributed by atoms with Crippen molar-refractivity contribution in [2.45, 2.75) is 12.8 Å². The number of benzene rings is 1. The van der Waals surface area contributed by atoms with Gasteiger partial charge in [-0.25, -0.2) is 4.68 Å². The Hall–Kier alpha value is -3.39. The van der Waals surface area contributed by atoms with Crippen LogP contribution in [0.3, 0.4) is 0 Å². The number of piperidine rings is 1. The van der Waals surface area contributed by atoms with Gasteiger partial charge in [-0.05, 0) is 37.1 Å². The van der Waals surface area contributed by atoms with Gasteiger partial charge in [0.1, 0.15) is 5.56 Å². The SMILES string of the molecule is O=C(c1cnn(-c2ccccc2)c1-n1cccc1)N1CCCC(C(=O)N2CCOCC2)C1. The van der Waals surface area contributed by atoms with Crippen molar-refractivity contribution in [1.29, 1.82) is 0 Å². The lowest BCUT2D eigenvalue weighted by molar-refractivity contribution is -0.141. The fourth-order valence-electron chi connectivity index (χ4n) is 4.55. The Morgan fingerprint density at radius 2 is 1.69 bits per heavy atom. The largest absolute Gasteiger partial charge is 0.378 e. The minimum absolute atomic E-state index is 0.0876. The Labute approximate surface area is 187 Å². The standard InChI is InChI=1S/C24H27N5O3/c30-23(27-13-15-32-16-14-27)19-7-6-12-28(18-19)24(31)21-17-25-29(20-8-2-1-3-9-20)22(21)26-10-4-5-11-26/h1-5,8-11,17,19H,6-7,12-16,18H2. The first-order chi connectivity index (χ1) is 15.7. The Bertz CT molecular complexity index is 1070. The first kappa shape index (κ1) is 20.5. The maximum atomic E-state index is 13.6. The third kappa shape index (κ3) is 3.93. The van der Waals surface area contributed by atoms with E-state index in [2.05, 4.69) is 5.10 Å². The lowest BCUT2D eigenvalue weighted by Gasteiger charge is -2.36. The molecular weight excluding hydrogens is 406 g/mol. The van der Waals surface area contributed by atoms with E-state index in [1.807, 2.05) is 69.2 Å². The van der Waals surface area contributed by atoms with Crippen molar-refractivity contribution >= 4 is 11.8 Å². The quantitative estimate of drug-likeness (QED) is 0.633. The molecule has 0 saturated carbocycles. The van der Waals surface area contributed by atoms with Crippen LogP contribution in [0.4, 0.5) is 0 Å². The fourth-order valence-corrected chi connectivity index (χ4v) is 4.55. The van der Waals surface area contributed by atoms with Crippen LogP contribution in [-0.2, 0) is 9.53 Å². The van der Waals surface area contributed by atoms with Crippen molar-refractivity contribution in [2.24, 2.45) is 5.92 Å². The van der Waals surface area contributed by atoms with E-state index in [0.717, 1.165) is 18.5 Å². The molecule has 0 radical (unpaired) electrons. The van der Waals surface area contributed by atoms with Gasteiger partial charge in [0.15, 0.2) is 5.82 Å². The highest BCUT2D eigenvalue weighted by Gasteiger charge is 2.33. The number of aromatic nitrogens is 3. The summed E-state index contributed by atoms with van der Waals surface area (Å²) < 4.78 is 9.07.